The van der Waals surface area contributed by atoms with Crippen molar-refractivity contribution in [3.63, 3.8) is 0 Å². The highest BCUT2D eigenvalue weighted by Gasteiger charge is 2.20. The van der Waals surface area contributed by atoms with E-state index in [0.29, 0.717) is 24.5 Å². The van der Waals surface area contributed by atoms with E-state index in [0.717, 1.165) is 21.9 Å². The fourth-order valence-corrected chi connectivity index (χ4v) is 3.50. The lowest BCUT2D eigenvalue weighted by atomic mass is 10.2. The maximum atomic E-state index is 13.1. The van der Waals surface area contributed by atoms with Crippen molar-refractivity contribution in [1.29, 1.82) is 0 Å². The van der Waals surface area contributed by atoms with Crippen LogP contribution in [0.25, 0.3) is 21.9 Å². The lowest BCUT2D eigenvalue weighted by Gasteiger charge is -2.11. The molecule has 0 radical (unpaired) electrons. The van der Waals surface area contributed by atoms with Crippen molar-refractivity contribution in [2.75, 3.05) is 19.0 Å². The zero-order valence-electron chi connectivity index (χ0n) is 15.2. The van der Waals surface area contributed by atoms with Gasteiger partial charge < -0.3 is 19.2 Å². The van der Waals surface area contributed by atoms with E-state index in [2.05, 4.69) is 22.0 Å². The Morgan fingerprint density at radius 2 is 1.85 bits per heavy atom. The lowest BCUT2D eigenvalue weighted by Crippen LogP contribution is -2.18. The van der Waals surface area contributed by atoms with Crippen LogP contribution in [0.5, 0.6) is 0 Å². The molecule has 0 fully saturated rings. The molecule has 0 atom stereocenters. The van der Waals surface area contributed by atoms with Gasteiger partial charge in [0.25, 0.3) is 5.91 Å². The predicted octanol–water partition coefficient (Wildman–Crippen LogP) is 4.17. The third kappa shape index (κ3) is 2.98. The Kier molecular flexibility index (Phi) is 4.41. The molecule has 1 N–H and O–H groups in total. The summed E-state index contributed by atoms with van der Waals surface area (Å²) in [5.41, 5.74) is 4.20. The van der Waals surface area contributed by atoms with E-state index in [4.69, 9.17) is 4.74 Å². The first-order valence-electron chi connectivity index (χ1n) is 8.72. The molecule has 1 amide bonds. The second-order valence-corrected chi connectivity index (χ2v) is 6.45. The number of aryl methyl sites for hydroxylation is 1. The van der Waals surface area contributed by atoms with Crippen LogP contribution in [0.15, 0.2) is 54.6 Å². The summed E-state index contributed by atoms with van der Waals surface area (Å²) in [6.07, 6.45) is 0. The second-order valence-electron chi connectivity index (χ2n) is 6.45. The third-order valence-corrected chi connectivity index (χ3v) is 4.81. The van der Waals surface area contributed by atoms with E-state index in [-0.39, 0.29) is 11.7 Å². The minimum atomic E-state index is -0.339. The van der Waals surface area contributed by atoms with Crippen molar-refractivity contribution >= 4 is 33.5 Å². The molecule has 2 aromatic heterocycles. The van der Waals surface area contributed by atoms with Crippen molar-refractivity contribution in [3.05, 3.63) is 66.1 Å². The van der Waals surface area contributed by atoms with Gasteiger partial charge in [0.1, 0.15) is 11.5 Å². The first-order valence-corrected chi connectivity index (χ1v) is 8.72. The molecule has 2 aromatic carbocycles. The van der Waals surface area contributed by atoms with E-state index in [9.17, 15) is 9.18 Å². The number of halogens is 1. The molecule has 0 saturated carbocycles. The van der Waals surface area contributed by atoms with Crippen molar-refractivity contribution in [3.8, 4) is 0 Å². The number of carbonyl (C=O) groups excluding carboxylic acids is 1. The number of nitrogens with zero attached hydrogens (tertiary/aromatic N) is 2. The standard InChI is InChI=1S/C21H20FN3O2/c1-24-17-6-4-3-5-16(17)20-18(24)13-19(25(20)11-12-27-2)21(26)23-15-9-7-14(22)8-10-15/h3-10,13H,11-12H2,1-2H3,(H,23,26). The average molecular weight is 365 g/mol. The maximum absolute atomic E-state index is 13.1. The highest BCUT2D eigenvalue weighted by Crippen LogP contribution is 2.31. The van der Waals surface area contributed by atoms with E-state index in [1.54, 1.807) is 19.2 Å². The zero-order chi connectivity index (χ0) is 19.0. The molecule has 4 aromatic rings. The fraction of sp³-hybridized carbons (Fsp3) is 0.190. The molecule has 0 aliphatic heterocycles. The van der Waals surface area contributed by atoms with Gasteiger partial charge in [0, 0.05) is 31.8 Å². The fourth-order valence-electron chi connectivity index (χ4n) is 3.50. The summed E-state index contributed by atoms with van der Waals surface area (Å²) in [6, 6.07) is 15.8. The number of para-hydroxylation sites is 1. The molecule has 0 unspecified atom stereocenters. The minimum absolute atomic E-state index is 0.238. The van der Waals surface area contributed by atoms with Crippen LogP contribution in [-0.4, -0.2) is 28.8 Å². The summed E-state index contributed by atoms with van der Waals surface area (Å²) in [7, 11) is 3.63. The minimum Gasteiger partial charge on any atom is -0.383 e. The molecule has 5 nitrogen and oxygen atoms in total. The Labute approximate surface area is 156 Å². The van der Waals surface area contributed by atoms with Gasteiger partial charge in [-0.05, 0) is 36.4 Å². The second kappa shape index (κ2) is 6.89. The first kappa shape index (κ1) is 17.3. The highest BCUT2D eigenvalue weighted by atomic mass is 19.1. The largest absolute Gasteiger partial charge is 0.383 e. The quantitative estimate of drug-likeness (QED) is 0.577. The SMILES string of the molecule is COCCn1c(C(=O)Nc2ccc(F)cc2)cc2c1c1ccccc1n2C. The van der Waals surface area contributed by atoms with Gasteiger partial charge in [-0.1, -0.05) is 18.2 Å². The Hall–Kier alpha value is -3.12. The number of benzene rings is 2. The summed E-state index contributed by atoms with van der Waals surface area (Å²) < 4.78 is 22.4. The van der Waals surface area contributed by atoms with Crippen LogP contribution < -0.4 is 5.32 Å². The zero-order valence-corrected chi connectivity index (χ0v) is 15.2. The van der Waals surface area contributed by atoms with Gasteiger partial charge in [-0.3, -0.25) is 4.79 Å². The average Bonchev–Trinajstić information content (AvgIpc) is 3.18. The van der Waals surface area contributed by atoms with E-state index >= 15 is 0 Å². The smallest absolute Gasteiger partial charge is 0.272 e. The molecule has 138 valence electrons. The van der Waals surface area contributed by atoms with Crippen LogP contribution in [-0.2, 0) is 18.3 Å². The number of fused-ring (bicyclic) bond motifs is 3. The van der Waals surface area contributed by atoms with Crippen LogP contribution >= 0.6 is 0 Å². The van der Waals surface area contributed by atoms with Crippen molar-refractivity contribution < 1.29 is 13.9 Å². The molecule has 2 heterocycles. The summed E-state index contributed by atoms with van der Waals surface area (Å²) in [5, 5.41) is 3.93. The van der Waals surface area contributed by atoms with E-state index in [1.165, 1.54) is 12.1 Å². The van der Waals surface area contributed by atoms with Crippen LogP contribution in [0.3, 0.4) is 0 Å². The molecule has 0 bridgehead atoms. The Morgan fingerprint density at radius 1 is 1.11 bits per heavy atom. The molecule has 27 heavy (non-hydrogen) atoms. The Balaban J connectivity index is 1.82. The van der Waals surface area contributed by atoms with Crippen LogP contribution in [0.1, 0.15) is 10.5 Å². The number of hydrogen-bond acceptors (Lipinski definition) is 2. The topological polar surface area (TPSA) is 48.2 Å². The number of carbonyl (C=O) groups is 1. The molecule has 6 heteroatoms. The number of rotatable bonds is 5. The van der Waals surface area contributed by atoms with Crippen LogP contribution in [0, 0.1) is 5.82 Å². The normalized spacial score (nSPS) is 11.4. The van der Waals surface area contributed by atoms with Gasteiger partial charge in [0.15, 0.2) is 0 Å². The molecule has 0 aliphatic rings. The molecular formula is C21H20FN3O2. The van der Waals surface area contributed by atoms with Gasteiger partial charge >= 0.3 is 0 Å². The number of methoxy groups -OCH3 is 1. The predicted molar refractivity (Wildman–Crippen MR) is 105 cm³/mol. The molecule has 0 aliphatic carbocycles. The Morgan fingerprint density at radius 3 is 2.59 bits per heavy atom. The molecule has 0 spiro atoms. The van der Waals surface area contributed by atoms with Gasteiger partial charge in [-0.15, -0.1) is 0 Å². The van der Waals surface area contributed by atoms with E-state index in [1.807, 2.05) is 29.8 Å². The number of ether oxygens (including phenoxy) is 1. The summed E-state index contributed by atoms with van der Waals surface area (Å²) in [5.74, 6) is -0.577. The number of hydrogen-bond donors (Lipinski definition) is 1. The van der Waals surface area contributed by atoms with Crippen molar-refractivity contribution in [1.82, 2.24) is 9.13 Å². The number of amides is 1. The first-order chi connectivity index (χ1) is 13.1. The van der Waals surface area contributed by atoms with Gasteiger partial charge in [-0.25, -0.2) is 4.39 Å². The molecular weight excluding hydrogens is 345 g/mol. The van der Waals surface area contributed by atoms with Crippen molar-refractivity contribution in [2.45, 2.75) is 6.54 Å². The maximum Gasteiger partial charge on any atom is 0.272 e. The molecule has 0 saturated heterocycles. The third-order valence-electron chi connectivity index (χ3n) is 4.81. The number of aromatic nitrogens is 2. The highest BCUT2D eigenvalue weighted by molar-refractivity contribution is 6.12. The van der Waals surface area contributed by atoms with Gasteiger partial charge in [0.2, 0.25) is 0 Å². The molecule has 4 rings (SSSR count). The van der Waals surface area contributed by atoms with Crippen LogP contribution in [0.4, 0.5) is 10.1 Å². The number of anilines is 1. The summed E-state index contributed by atoms with van der Waals surface area (Å²) in [6.45, 7) is 1.05. The van der Waals surface area contributed by atoms with Crippen molar-refractivity contribution in [2.24, 2.45) is 7.05 Å². The number of nitrogens with one attached hydrogen (secondary N) is 1. The van der Waals surface area contributed by atoms with Crippen LogP contribution in [0.2, 0.25) is 0 Å². The Bertz CT molecular complexity index is 1130. The van der Waals surface area contributed by atoms with Gasteiger partial charge in [0.05, 0.1) is 23.2 Å². The monoisotopic (exact) mass is 365 g/mol. The summed E-state index contributed by atoms with van der Waals surface area (Å²) >= 11 is 0. The lowest BCUT2D eigenvalue weighted by molar-refractivity contribution is 0.101. The van der Waals surface area contributed by atoms with Gasteiger partial charge in [-0.2, -0.15) is 0 Å². The van der Waals surface area contributed by atoms with E-state index < -0.39 is 0 Å². The summed E-state index contributed by atoms with van der Waals surface area (Å²) in [4.78, 5) is 12.9.